The third kappa shape index (κ3) is 2.57. The van der Waals surface area contributed by atoms with Crippen molar-refractivity contribution in [3.8, 4) is 5.69 Å². The first-order chi connectivity index (χ1) is 10.3. The zero-order valence-electron chi connectivity index (χ0n) is 11.2. The number of methoxy groups -OCH3 is 1. The number of esters is 1. The average molecular weight is 306 g/mol. The van der Waals surface area contributed by atoms with Crippen LogP contribution < -0.4 is 5.73 Å². The molecule has 22 heavy (non-hydrogen) atoms. The van der Waals surface area contributed by atoms with Crippen molar-refractivity contribution >= 4 is 23.7 Å². The molecule has 10 heteroatoms. The summed E-state index contributed by atoms with van der Waals surface area (Å²) in [5.74, 6) is -3.67. The quantitative estimate of drug-likeness (QED) is 0.662. The van der Waals surface area contributed by atoms with Crippen LogP contribution in [-0.4, -0.2) is 50.2 Å². The highest BCUT2D eigenvalue weighted by atomic mass is 16.5. The predicted octanol–water partition coefficient (Wildman–Crippen LogP) is 0.0325. The van der Waals surface area contributed by atoms with Gasteiger partial charge in [0.05, 0.1) is 23.9 Å². The molecule has 0 aliphatic rings. The Morgan fingerprint density at radius 1 is 1.14 bits per heavy atom. The van der Waals surface area contributed by atoms with E-state index in [-0.39, 0.29) is 28.3 Å². The molecule has 0 unspecified atom stereocenters. The molecule has 0 radical (unpaired) electrons. The molecule has 0 amide bonds. The maximum Gasteiger partial charge on any atom is 0.362 e. The van der Waals surface area contributed by atoms with Gasteiger partial charge in [-0.2, -0.15) is 4.68 Å². The number of carbonyl (C=O) groups excluding carboxylic acids is 1. The van der Waals surface area contributed by atoms with E-state index in [0.29, 0.717) is 0 Å². The first-order valence-electron chi connectivity index (χ1n) is 5.76. The molecule has 2 aromatic rings. The Hall–Kier alpha value is -3.43. The lowest BCUT2D eigenvalue weighted by Gasteiger charge is -2.06. The number of nitrogens with zero attached hydrogens (tertiary/aromatic N) is 3. The summed E-state index contributed by atoms with van der Waals surface area (Å²) in [6.07, 6.45) is 0. The molecule has 0 spiro atoms. The third-order valence-electron chi connectivity index (χ3n) is 2.74. The summed E-state index contributed by atoms with van der Waals surface area (Å²) < 4.78 is 5.42. The number of anilines is 1. The SMILES string of the molecule is COC(=O)c1nnn(-c2cc(C(=O)O)cc(C(=O)O)c2)c1N. The lowest BCUT2D eigenvalue weighted by molar-refractivity contribution is 0.0593. The molecule has 2 rings (SSSR count). The summed E-state index contributed by atoms with van der Waals surface area (Å²) in [6, 6.07) is 3.30. The number of benzene rings is 1. The second-order valence-corrected chi connectivity index (χ2v) is 4.11. The number of hydrogen-bond donors (Lipinski definition) is 3. The van der Waals surface area contributed by atoms with E-state index in [9.17, 15) is 14.4 Å². The molecule has 1 aromatic heterocycles. The first-order valence-corrected chi connectivity index (χ1v) is 5.76. The standard InChI is InChI=1S/C12H10N4O6/c1-22-12(21)8-9(13)16(15-14-8)7-3-5(10(17)18)2-6(4-7)11(19)20/h2-4H,13H2,1H3,(H,17,18)(H,19,20). The van der Waals surface area contributed by atoms with Crippen molar-refractivity contribution in [3.63, 3.8) is 0 Å². The monoisotopic (exact) mass is 306 g/mol. The van der Waals surface area contributed by atoms with E-state index in [4.69, 9.17) is 15.9 Å². The molecule has 1 heterocycles. The smallest absolute Gasteiger partial charge is 0.362 e. The molecule has 4 N–H and O–H groups in total. The Morgan fingerprint density at radius 2 is 1.68 bits per heavy atom. The summed E-state index contributed by atoms with van der Waals surface area (Å²) in [4.78, 5) is 33.5. The third-order valence-corrected chi connectivity index (χ3v) is 2.74. The second-order valence-electron chi connectivity index (χ2n) is 4.11. The van der Waals surface area contributed by atoms with Crippen molar-refractivity contribution in [3.05, 3.63) is 35.0 Å². The van der Waals surface area contributed by atoms with Gasteiger partial charge in [-0.15, -0.1) is 5.10 Å². The summed E-state index contributed by atoms with van der Waals surface area (Å²) in [5, 5.41) is 25.2. The maximum absolute atomic E-state index is 11.4. The topological polar surface area (TPSA) is 158 Å². The van der Waals surface area contributed by atoms with Crippen LogP contribution in [0.4, 0.5) is 5.82 Å². The van der Waals surface area contributed by atoms with Crippen LogP contribution in [0.5, 0.6) is 0 Å². The molecule has 0 saturated carbocycles. The largest absolute Gasteiger partial charge is 0.478 e. The molecule has 0 saturated heterocycles. The predicted molar refractivity (Wildman–Crippen MR) is 71.0 cm³/mol. The van der Waals surface area contributed by atoms with Gasteiger partial charge in [0, 0.05) is 0 Å². The lowest BCUT2D eigenvalue weighted by Crippen LogP contribution is -2.10. The van der Waals surface area contributed by atoms with Crippen molar-refractivity contribution in [2.24, 2.45) is 0 Å². The van der Waals surface area contributed by atoms with E-state index in [1.807, 2.05) is 0 Å². The Kier molecular flexibility index (Phi) is 3.75. The number of nitrogens with two attached hydrogens (primary N) is 1. The lowest BCUT2D eigenvalue weighted by atomic mass is 10.1. The number of hydrogen-bond acceptors (Lipinski definition) is 7. The van der Waals surface area contributed by atoms with Crippen LogP contribution >= 0.6 is 0 Å². The van der Waals surface area contributed by atoms with E-state index in [0.717, 1.165) is 30.0 Å². The van der Waals surface area contributed by atoms with Crippen LogP contribution in [0.2, 0.25) is 0 Å². The van der Waals surface area contributed by atoms with Gasteiger partial charge in [0.1, 0.15) is 0 Å². The van der Waals surface area contributed by atoms with E-state index in [1.54, 1.807) is 0 Å². The normalized spacial score (nSPS) is 10.2. The molecule has 10 nitrogen and oxygen atoms in total. The van der Waals surface area contributed by atoms with Gasteiger partial charge in [-0.25, -0.2) is 14.4 Å². The van der Waals surface area contributed by atoms with Crippen LogP contribution in [0, 0.1) is 0 Å². The van der Waals surface area contributed by atoms with E-state index >= 15 is 0 Å². The molecule has 0 aliphatic heterocycles. The van der Waals surface area contributed by atoms with Gasteiger partial charge >= 0.3 is 17.9 Å². The van der Waals surface area contributed by atoms with Gasteiger partial charge in [0.2, 0.25) is 5.69 Å². The highest BCUT2D eigenvalue weighted by molar-refractivity contribution is 5.95. The molecule has 0 bridgehead atoms. The molecule has 114 valence electrons. The van der Waals surface area contributed by atoms with E-state index in [2.05, 4.69) is 15.0 Å². The Labute approximate surface area is 122 Å². The van der Waals surface area contributed by atoms with Crippen LogP contribution in [0.15, 0.2) is 18.2 Å². The van der Waals surface area contributed by atoms with Crippen LogP contribution in [-0.2, 0) is 4.74 Å². The maximum atomic E-state index is 11.4. The number of rotatable bonds is 4. The number of carboxylic acid groups (broad SMARTS) is 2. The van der Waals surface area contributed by atoms with E-state index in [1.165, 1.54) is 0 Å². The van der Waals surface area contributed by atoms with Crippen LogP contribution in [0.25, 0.3) is 5.69 Å². The fraction of sp³-hybridized carbons (Fsp3) is 0.0833. The van der Waals surface area contributed by atoms with Crippen molar-refractivity contribution < 1.29 is 29.3 Å². The Bertz CT molecular complexity index is 750. The van der Waals surface area contributed by atoms with Crippen molar-refractivity contribution in [2.75, 3.05) is 12.8 Å². The fourth-order valence-corrected chi connectivity index (χ4v) is 1.70. The summed E-state index contributed by atoms with van der Waals surface area (Å²) in [6.45, 7) is 0. The van der Waals surface area contributed by atoms with Gasteiger partial charge in [0.25, 0.3) is 0 Å². The Balaban J connectivity index is 2.62. The molecular formula is C12H10N4O6. The molecule has 1 aromatic carbocycles. The molecule has 0 atom stereocenters. The minimum Gasteiger partial charge on any atom is -0.478 e. The Morgan fingerprint density at radius 3 is 2.14 bits per heavy atom. The molecular weight excluding hydrogens is 296 g/mol. The van der Waals surface area contributed by atoms with Gasteiger partial charge in [0.15, 0.2) is 5.82 Å². The summed E-state index contributed by atoms with van der Waals surface area (Å²) in [5.41, 5.74) is 4.93. The van der Waals surface area contributed by atoms with Crippen molar-refractivity contribution in [2.45, 2.75) is 0 Å². The first kappa shape index (κ1) is 15.0. The van der Waals surface area contributed by atoms with Crippen molar-refractivity contribution in [1.82, 2.24) is 15.0 Å². The number of carbonyl (C=O) groups is 3. The van der Waals surface area contributed by atoms with Gasteiger partial charge < -0.3 is 20.7 Å². The number of aromatic nitrogens is 3. The zero-order chi connectivity index (χ0) is 16.4. The highest BCUT2D eigenvalue weighted by Gasteiger charge is 2.20. The van der Waals surface area contributed by atoms with E-state index < -0.39 is 17.9 Å². The van der Waals surface area contributed by atoms with Gasteiger partial charge in [-0.1, -0.05) is 5.21 Å². The minimum atomic E-state index is -1.32. The van der Waals surface area contributed by atoms with Gasteiger partial charge in [-0.05, 0) is 18.2 Å². The van der Waals surface area contributed by atoms with Crippen LogP contribution in [0.1, 0.15) is 31.2 Å². The molecule has 0 fully saturated rings. The van der Waals surface area contributed by atoms with Gasteiger partial charge in [-0.3, -0.25) is 0 Å². The highest BCUT2D eigenvalue weighted by Crippen LogP contribution is 2.19. The number of ether oxygens (including phenoxy) is 1. The average Bonchev–Trinajstić information content (AvgIpc) is 2.87. The summed E-state index contributed by atoms with van der Waals surface area (Å²) in [7, 11) is 1.13. The second kappa shape index (κ2) is 5.52. The number of aromatic carboxylic acids is 2. The molecule has 0 aliphatic carbocycles. The number of nitrogen functional groups attached to an aromatic ring is 1. The van der Waals surface area contributed by atoms with Crippen molar-refractivity contribution in [1.29, 1.82) is 0 Å². The van der Waals surface area contributed by atoms with Crippen LogP contribution in [0.3, 0.4) is 0 Å². The number of carboxylic acids is 2. The summed E-state index contributed by atoms with van der Waals surface area (Å²) >= 11 is 0. The zero-order valence-corrected chi connectivity index (χ0v) is 11.2. The minimum absolute atomic E-state index is 0.0393. The fourth-order valence-electron chi connectivity index (χ4n) is 1.70.